The van der Waals surface area contributed by atoms with Crippen LogP contribution in [0.5, 0.6) is 5.75 Å². The van der Waals surface area contributed by atoms with Gasteiger partial charge in [0.25, 0.3) is 11.6 Å². The number of nitro benzene ring substituents is 1. The maximum Gasteiger partial charge on any atom is 0.285 e. The normalized spacial score (nSPS) is 16.3. The lowest BCUT2D eigenvalue weighted by Gasteiger charge is -2.17. The maximum absolute atomic E-state index is 11.4. The van der Waals surface area contributed by atoms with Crippen molar-refractivity contribution < 1.29 is 14.2 Å². The quantitative estimate of drug-likeness (QED) is 0.496. The van der Waals surface area contributed by atoms with E-state index in [4.69, 9.17) is 15.0 Å². The number of nitrogens with zero attached hydrogens (tertiary/aromatic N) is 3. The van der Waals surface area contributed by atoms with Crippen LogP contribution in [0.2, 0.25) is 0 Å². The van der Waals surface area contributed by atoms with Crippen LogP contribution in [-0.2, 0) is 5.54 Å². The van der Waals surface area contributed by atoms with E-state index in [0.29, 0.717) is 11.6 Å². The van der Waals surface area contributed by atoms with E-state index in [9.17, 15) is 10.1 Å². The Morgan fingerprint density at radius 1 is 1.42 bits per heavy atom. The Balaban J connectivity index is 2.08. The fourth-order valence-electron chi connectivity index (χ4n) is 2.96. The van der Waals surface area contributed by atoms with Gasteiger partial charge in [-0.1, -0.05) is 18.0 Å². The molecule has 1 heterocycles. The van der Waals surface area contributed by atoms with Gasteiger partial charge in [0, 0.05) is 0 Å². The van der Waals surface area contributed by atoms with Crippen molar-refractivity contribution in [1.82, 2.24) is 10.1 Å². The van der Waals surface area contributed by atoms with Crippen molar-refractivity contribution in [2.24, 2.45) is 5.73 Å². The molecule has 1 aliphatic carbocycles. The van der Waals surface area contributed by atoms with Crippen LogP contribution in [0.4, 0.5) is 5.69 Å². The Morgan fingerprint density at radius 2 is 2.12 bits per heavy atom. The minimum atomic E-state index is -0.606. The zero-order valence-corrected chi connectivity index (χ0v) is 14.3. The molecule has 1 fully saturated rings. The van der Waals surface area contributed by atoms with E-state index < -0.39 is 10.5 Å². The monoisotopic (exact) mass is 350 g/mol. The van der Waals surface area contributed by atoms with Crippen molar-refractivity contribution in [2.45, 2.75) is 36.1 Å². The summed E-state index contributed by atoms with van der Waals surface area (Å²) < 4.78 is 10.5. The third-order valence-corrected chi connectivity index (χ3v) is 5.05. The van der Waals surface area contributed by atoms with Gasteiger partial charge in [-0.3, -0.25) is 10.1 Å². The van der Waals surface area contributed by atoms with Crippen LogP contribution in [-0.4, -0.2) is 28.4 Å². The molecule has 1 saturated carbocycles. The van der Waals surface area contributed by atoms with Crippen LogP contribution in [0.1, 0.15) is 31.5 Å². The van der Waals surface area contributed by atoms with Gasteiger partial charge in [-0.2, -0.15) is 4.98 Å². The highest BCUT2D eigenvalue weighted by Gasteiger charge is 2.36. The number of thioether (sulfide) groups is 1. The van der Waals surface area contributed by atoms with Gasteiger partial charge in [0.05, 0.1) is 28.5 Å². The predicted molar refractivity (Wildman–Crippen MR) is 89.1 cm³/mol. The SMILES string of the molecule is COc1cc([N+](=O)[O-])c(-c2nc(C3(N)CCCC3)no2)cc1SC. The lowest BCUT2D eigenvalue weighted by molar-refractivity contribution is -0.384. The average Bonchev–Trinajstić information content (AvgIpc) is 3.23. The highest BCUT2D eigenvalue weighted by molar-refractivity contribution is 7.98. The molecule has 128 valence electrons. The summed E-state index contributed by atoms with van der Waals surface area (Å²) in [7, 11) is 1.47. The number of methoxy groups -OCH3 is 1. The molecule has 0 spiro atoms. The van der Waals surface area contributed by atoms with Crippen LogP contribution < -0.4 is 10.5 Å². The van der Waals surface area contributed by atoms with Gasteiger partial charge in [-0.15, -0.1) is 11.8 Å². The highest BCUT2D eigenvalue weighted by Crippen LogP contribution is 2.40. The fourth-order valence-corrected chi connectivity index (χ4v) is 3.53. The summed E-state index contributed by atoms with van der Waals surface area (Å²) in [4.78, 5) is 16.0. The predicted octanol–water partition coefficient (Wildman–Crippen LogP) is 3.10. The van der Waals surface area contributed by atoms with Crippen LogP contribution in [0, 0.1) is 10.1 Å². The molecule has 0 radical (unpaired) electrons. The minimum absolute atomic E-state index is 0.103. The molecule has 24 heavy (non-hydrogen) atoms. The van der Waals surface area contributed by atoms with Crippen LogP contribution in [0.3, 0.4) is 0 Å². The lowest BCUT2D eigenvalue weighted by Crippen LogP contribution is -2.34. The molecule has 1 aromatic carbocycles. The molecule has 9 heteroatoms. The summed E-state index contributed by atoms with van der Waals surface area (Å²) in [6, 6.07) is 3.01. The van der Waals surface area contributed by atoms with Crippen molar-refractivity contribution in [3.05, 3.63) is 28.1 Å². The second-order valence-electron chi connectivity index (χ2n) is 5.77. The van der Waals surface area contributed by atoms with Crippen molar-refractivity contribution >= 4 is 17.4 Å². The lowest BCUT2D eigenvalue weighted by atomic mass is 9.98. The van der Waals surface area contributed by atoms with E-state index in [0.717, 1.165) is 30.6 Å². The van der Waals surface area contributed by atoms with Gasteiger partial charge in [0.2, 0.25) is 0 Å². The van der Waals surface area contributed by atoms with E-state index in [1.165, 1.54) is 24.9 Å². The second-order valence-corrected chi connectivity index (χ2v) is 6.62. The molecular formula is C15H18N4O4S. The van der Waals surface area contributed by atoms with E-state index in [2.05, 4.69) is 10.1 Å². The van der Waals surface area contributed by atoms with Crippen molar-refractivity contribution in [3.8, 4) is 17.2 Å². The number of nitrogens with two attached hydrogens (primary N) is 1. The first kappa shape index (κ1) is 16.7. The Bertz CT molecular complexity index is 771. The third kappa shape index (κ3) is 2.84. The Hall–Kier alpha value is -2.13. The zero-order chi connectivity index (χ0) is 17.3. The summed E-state index contributed by atoms with van der Waals surface area (Å²) in [5, 5.41) is 15.4. The van der Waals surface area contributed by atoms with Crippen LogP contribution in [0.15, 0.2) is 21.6 Å². The topological polar surface area (TPSA) is 117 Å². The van der Waals surface area contributed by atoms with Gasteiger partial charge >= 0.3 is 0 Å². The number of nitro groups is 1. The van der Waals surface area contributed by atoms with Crippen molar-refractivity contribution in [2.75, 3.05) is 13.4 Å². The molecular weight excluding hydrogens is 332 g/mol. The number of hydrogen-bond acceptors (Lipinski definition) is 8. The second kappa shape index (κ2) is 6.40. The summed E-state index contributed by atoms with van der Waals surface area (Å²) in [6.45, 7) is 0. The minimum Gasteiger partial charge on any atom is -0.495 e. The van der Waals surface area contributed by atoms with Crippen LogP contribution >= 0.6 is 11.8 Å². The Morgan fingerprint density at radius 3 is 2.71 bits per heavy atom. The highest BCUT2D eigenvalue weighted by atomic mass is 32.2. The summed E-state index contributed by atoms with van der Waals surface area (Å²) in [5.74, 6) is 0.945. The number of rotatable bonds is 5. The Kier molecular flexibility index (Phi) is 4.46. The molecule has 0 atom stereocenters. The van der Waals surface area contributed by atoms with Crippen LogP contribution in [0.25, 0.3) is 11.5 Å². The zero-order valence-electron chi connectivity index (χ0n) is 13.4. The number of ether oxygens (including phenoxy) is 1. The van der Waals surface area contributed by atoms with E-state index in [1.807, 2.05) is 6.26 Å². The standard InChI is InChI=1S/C15H18N4O4S/c1-22-11-8-10(19(20)21)9(7-12(11)24-2)13-17-14(18-23-13)15(16)5-3-4-6-15/h7-8H,3-6,16H2,1-2H3. The van der Waals surface area contributed by atoms with Gasteiger partial charge in [0.1, 0.15) is 11.3 Å². The summed E-state index contributed by atoms with van der Waals surface area (Å²) in [6.07, 6.45) is 5.46. The first-order valence-electron chi connectivity index (χ1n) is 7.52. The molecule has 1 aromatic heterocycles. The van der Waals surface area contributed by atoms with Crippen molar-refractivity contribution in [3.63, 3.8) is 0 Å². The first-order chi connectivity index (χ1) is 11.5. The van der Waals surface area contributed by atoms with E-state index >= 15 is 0 Å². The molecule has 8 nitrogen and oxygen atoms in total. The van der Waals surface area contributed by atoms with Gasteiger partial charge in [0.15, 0.2) is 5.82 Å². The fraction of sp³-hybridized carbons (Fsp3) is 0.467. The number of benzene rings is 1. The molecule has 2 aromatic rings. The molecule has 0 unspecified atom stereocenters. The first-order valence-corrected chi connectivity index (χ1v) is 8.75. The molecule has 0 saturated heterocycles. The van der Waals surface area contributed by atoms with Crippen molar-refractivity contribution in [1.29, 1.82) is 0 Å². The smallest absolute Gasteiger partial charge is 0.285 e. The molecule has 3 rings (SSSR count). The summed E-state index contributed by atoms with van der Waals surface area (Å²) >= 11 is 1.42. The van der Waals surface area contributed by atoms with Gasteiger partial charge < -0.3 is 15.0 Å². The van der Waals surface area contributed by atoms with E-state index in [1.54, 1.807) is 6.07 Å². The van der Waals surface area contributed by atoms with Gasteiger partial charge in [-0.25, -0.2) is 0 Å². The molecule has 0 aliphatic heterocycles. The Labute approximate surface area is 142 Å². The largest absolute Gasteiger partial charge is 0.495 e. The molecule has 2 N–H and O–H groups in total. The molecule has 0 amide bonds. The van der Waals surface area contributed by atoms with Gasteiger partial charge in [-0.05, 0) is 25.2 Å². The van der Waals surface area contributed by atoms with E-state index in [-0.39, 0.29) is 17.1 Å². The molecule has 1 aliphatic rings. The third-order valence-electron chi connectivity index (χ3n) is 4.30. The maximum atomic E-state index is 11.4. The average molecular weight is 350 g/mol. The number of hydrogen-bond donors (Lipinski definition) is 1. The molecule has 0 bridgehead atoms. The number of aromatic nitrogens is 2. The summed E-state index contributed by atoms with van der Waals surface area (Å²) in [5.41, 5.74) is 5.85.